The van der Waals surface area contributed by atoms with Gasteiger partial charge < -0.3 is 9.64 Å². The van der Waals surface area contributed by atoms with Gasteiger partial charge in [-0.2, -0.15) is 0 Å². The minimum Gasteiger partial charge on any atom is -0.383 e. The molecule has 1 fully saturated rings. The Bertz CT molecular complexity index is 325. The number of benzene rings is 1. The van der Waals surface area contributed by atoms with Crippen LogP contribution in [0.2, 0.25) is 5.02 Å². The third-order valence-electron chi connectivity index (χ3n) is 3.23. The summed E-state index contributed by atoms with van der Waals surface area (Å²) in [5, 5.41) is 0.818. The van der Waals surface area contributed by atoms with Crippen molar-refractivity contribution in [2.24, 2.45) is 0 Å². The molecular formula is C13H18ClNO. The molecule has 0 aromatic heterocycles. The van der Waals surface area contributed by atoms with Gasteiger partial charge in [0.15, 0.2) is 0 Å². The van der Waals surface area contributed by atoms with Crippen LogP contribution in [-0.4, -0.2) is 38.3 Å². The zero-order chi connectivity index (χ0) is 11.4. The SMILES string of the molecule is COCCN1CC[C@H](c2ccc(Cl)cc2)C1. The quantitative estimate of drug-likeness (QED) is 0.801. The van der Waals surface area contributed by atoms with E-state index in [-0.39, 0.29) is 0 Å². The molecule has 1 aliphatic heterocycles. The van der Waals surface area contributed by atoms with Crippen LogP contribution in [0.15, 0.2) is 24.3 Å². The minimum absolute atomic E-state index is 0.661. The van der Waals surface area contributed by atoms with Gasteiger partial charge in [-0.25, -0.2) is 0 Å². The van der Waals surface area contributed by atoms with Crippen molar-refractivity contribution in [3.05, 3.63) is 34.9 Å². The van der Waals surface area contributed by atoms with Gasteiger partial charge in [0, 0.05) is 25.2 Å². The van der Waals surface area contributed by atoms with E-state index in [0.29, 0.717) is 5.92 Å². The monoisotopic (exact) mass is 239 g/mol. The van der Waals surface area contributed by atoms with Gasteiger partial charge in [0.05, 0.1) is 6.61 Å². The first-order chi connectivity index (χ1) is 7.79. The molecule has 0 bridgehead atoms. The molecule has 0 amide bonds. The predicted octanol–water partition coefficient (Wildman–Crippen LogP) is 2.78. The summed E-state index contributed by atoms with van der Waals surface area (Å²) in [6.07, 6.45) is 1.24. The van der Waals surface area contributed by atoms with Gasteiger partial charge in [0.25, 0.3) is 0 Å². The first-order valence-corrected chi connectivity index (χ1v) is 6.14. The van der Waals surface area contributed by atoms with E-state index >= 15 is 0 Å². The molecule has 1 saturated heterocycles. The third-order valence-corrected chi connectivity index (χ3v) is 3.48. The van der Waals surface area contributed by atoms with Crippen molar-refractivity contribution in [2.75, 3.05) is 33.4 Å². The fourth-order valence-corrected chi connectivity index (χ4v) is 2.39. The van der Waals surface area contributed by atoms with Crippen LogP contribution >= 0.6 is 11.6 Å². The summed E-state index contributed by atoms with van der Waals surface area (Å²) in [7, 11) is 1.76. The lowest BCUT2D eigenvalue weighted by Gasteiger charge is -2.15. The van der Waals surface area contributed by atoms with E-state index in [2.05, 4.69) is 17.0 Å². The van der Waals surface area contributed by atoms with Crippen LogP contribution < -0.4 is 0 Å². The lowest BCUT2D eigenvalue weighted by Crippen LogP contribution is -2.24. The minimum atomic E-state index is 0.661. The van der Waals surface area contributed by atoms with Crippen molar-refractivity contribution in [3.8, 4) is 0 Å². The number of nitrogens with zero attached hydrogens (tertiary/aromatic N) is 1. The molecular weight excluding hydrogens is 222 g/mol. The maximum atomic E-state index is 5.89. The van der Waals surface area contributed by atoms with Crippen LogP contribution in [0.3, 0.4) is 0 Å². The summed E-state index contributed by atoms with van der Waals surface area (Å²) in [4.78, 5) is 2.46. The van der Waals surface area contributed by atoms with Crippen molar-refractivity contribution in [1.82, 2.24) is 4.90 Å². The molecule has 0 radical (unpaired) electrons. The van der Waals surface area contributed by atoms with Gasteiger partial charge in [-0.1, -0.05) is 23.7 Å². The van der Waals surface area contributed by atoms with Crippen molar-refractivity contribution in [3.63, 3.8) is 0 Å². The Hall–Kier alpha value is -0.570. The Balaban J connectivity index is 1.90. The fourth-order valence-electron chi connectivity index (χ4n) is 2.26. The molecule has 3 heteroatoms. The topological polar surface area (TPSA) is 12.5 Å². The number of ether oxygens (including phenoxy) is 1. The standard InChI is InChI=1S/C13H18ClNO/c1-16-9-8-15-7-6-12(10-15)11-2-4-13(14)5-3-11/h2-5,12H,6-10H2,1H3/t12-/m0/s1. The van der Waals surface area contributed by atoms with Crippen LogP contribution in [-0.2, 0) is 4.74 Å². The number of hydrogen-bond donors (Lipinski definition) is 0. The van der Waals surface area contributed by atoms with Crippen LogP contribution in [0.1, 0.15) is 17.9 Å². The van der Waals surface area contributed by atoms with Crippen LogP contribution in [0.4, 0.5) is 0 Å². The fraction of sp³-hybridized carbons (Fsp3) is 0.538. The number of likely N-dealkylation sites (tertiary alicyclic amines) is 1. The molecule has 16 heavy (non-hydrogen) atoms. The molecule has 2 nitrogen and oxygen atoms in total. The van der Waals surface area contributed by atoms with Crippen molar-refractivity contribution in [1.29, 1.82) is 0 Å². The second-order valence-corrected chi connectivity index (χ2v) is 4.77. The van der Waals surface area contributed by atoms with Gasteiger partial charge in [-0.3, -0.25) is 0 Å². The molecule has 0 unspecified atom stereocenters. The summed E-state index contributed by atoms with van der Waals surface area (Å²) in [6, 6.07) is 8.25. The van der Waals surface area contributed by atoms with Crippen molar-refractivity contribution in [2.45, 2.75) is 12.3 Å². The summed E-state index contributed by atoms with van der Waals surface area (Å²) >= 11 is 5.89. The van der Waals surface area contributed by atoms with Gasteiger partial charge in [0.2, 0.25) is 0 Å². The molecule has 0 spiro atoms. The van der Waals surface area contributed by atoms with E-state index in [0.717, 1.165) is 24.7 Å². The van der Waals surface area contributed by atoms with Crippen molar-refractivity contribution >= 4 is 11.6 Å². The smallest absolute Gasteiger partial charge is 0.0589 e. The maximum Gasteiger partial charge on any atom is 0.0589 e. The van der Waals surface area contributed by atoms with E-state index in [9.17, 15) is 0 Å². The highest BCUT2D eigenvalue weighted by Gasteiger charge is 2.23. The number of halogens is 1. The zero-order valence-corrected chi connectivity index (χ0v) is 10.4. The summed E-state index contributed by atoms with van der Waals surface area (Å²) in [6.45, 7) is 4.19. The summed E-state index contributed by atoms with van der Waals surface area (Å²) in [5.41, 5.74) is 1.41. The van der Waals surface area contributed by atoms with Gasteiger partial charge >= 0.3 is 0 Å². The van der Waals surface area contributed by atoms with Crippen LogP contribution in [0.5, 0.6) is 0 Å². The normalized spacial score (nSPS) is 21.5. The third kappa shape index (κ3) is 2.97. The zero-order valence-electron chi connectivity index (χ0n) is 9.66. The molecule has 0 saturated carbocycles. The largest absolute Gasteiger partial charge is 0.383 e. The predicted molar refractivity (Wildman–Crippen MR) is 67.1 cm³/mol. The lowest BCUT2D eigenvalue weighted by molar-refractivity contribution is 0.160. The first kappa shape index (κ1) is 11.9. The van der Waals surface area contributed by atoms with Crippen LogP contribution in [0, 0.1) is 0 Å². The average molecular weight is 240 g/mol. The highest BCUT2D eigenvalue weighted by Crippen LogP contribution is 2.27. The van der Waals surface area contributed by atoms with Crippen molar-refractivity contribution < 1.29 is 4.74 Å². The summed E-state index contributed by atoms with van der Waals surface area (Å²) < 4.78 is 5.10. The Morgan fingerprint density at radius 1 is 1.38 bits per heavy atom. The Morgan fingerprint density at radius 3 is 2.81 bits per heavy atom. The lowest BCUT2D eigenvalue weighted by atomic mass is 9.99. The Kier molecular flexibility index (Phi) is 4.22. The number of methoxy groups -OCH3 is 1. The Morgan fingerprint density at radius 2 is 2.12 bits per heavy atom. The molecule has 2 rings (SSSR count). The van der Waals surface area contributed by atoms with Gasteiger partial charge in [0.1, 0.15) is 0 Å². The molecule has 1 atom stereocenters. The second kappa shape index (κ2) is 5.67. The Labute approximate surface area is 102 Å². The molecule has 1 aliphatic rings. The second-order valence-electron chi connectivity index (χ2n) is 4.33. The van der Waals surface area contributed by atoms with Gasteiger partial charge in [-0.15, -0.1) is 0 Å². The first-order valence-electron chi connectivity index (χ1n) is 5.76. The highest BCUT2D eigenvalue weighted by atomic mass is 35.5. The molecule has 1 heterocycles. The molecule has 1 aromatic rings. The molecule has 88 valence electrons. The maximum absolute atomic E-state index is 5.89. The van der Waals surface area contributed by atoms with E-state index in [1.807, 2.05) is 12.1 Å². The van der Waals surface area contributed by atoms with E-state index in [1.165, 1.54) is 18.5 Å². The van der Waals surface area contributed by atoms with E-state index in [1.54, 1.807) is 7.11 Å². The average Bonchev–Trinajstić information content (AvgIpc) is 2.76. The molecule has 1 aromatic carbocycles. The van der Waals surface area contributed by atoms with Crippen LogP contribution in [0.25, 0.3) is 0 Å². The number of rotatable bonds is 4. The molecule has 0 N–H and O–H groups in total. The summed E-state index contributed by atoms with van der Waals surface area (Å²) in [5.74, 6) is 0.661. The molecule has 0 aliphatic carbocycles. The highest BCUT2D eigenvalue weighted by molar-refractivity contribution is 6.30. The number of hydrogen-bond acceptors (Lipinski definition) is 2. The van der Waals surface area contributed by atoms with E-state index in [4.69, 9.17) is 16.3 Å². The van der Waals surface area contributed by atoms with E-state index < -0.39 is 0 Å². The van der Waals surface area contributed by atoms with Gasteiger partial charge in [-0.05, 0) is 36.6 Å².